The molecule has 0 saturated carbocycles. The van der Waals surface area contributed by atoms with Crippen LogP contribution in [0.1, 0.15) is 30.8 Å². The highest BCUT2D eigenvalue weighted by atomic mass is 32.2. The summed E-state index contributed by atoms with van der Waals surface area (Å²) in [4.78, 5) is 19.8. The Morgan fingerprint density at radius 3 is 2.97 bits per heavy atom. The molecule has 1 aromatic carbocycles. The summed E-state index contributed by atoms with van der Waals surface area (Å²) >= 11 is 3.12. The maximum atomic E-state index is 13.1. The van der Waals surface area contributed by atoms with Gasteiger partial charge in [-0.2, -0.15) is 0 Å². The van der Waals surface area contributed by atoms with E-state index in [9.17, 15) is 4.79 Å². The zero-order valence-corrected chi connectivity index (χ0v) is 18.2. The van der Waals surface area contributed by atoms with Gasteiger partial charge in [0.05, 0.1) is 28.3 Å². The zero-order valence-electron chi connectivity index (χ0n) is 16.5. The maximum absolute atomic E-state index is 13.1. The van der Waals surface area contributed by atoms with Gasteiger partial charge in [0.1, 0.15) is 5.01 Å². The van der Waals surface area contributed by atoms with E-state index in [1.807, 2.05) is 46.7 Å². The fourth-order valence-corrected chi connectivity index (χ4v) is 5.84. The Balaban J connectivity index is 1.30. The summed E-state index contributed by atoms with van der Waals surface area (Å²) in [6.45, 7) is 3.51. The molecule has 0 N–H and O–H groups in total. The van der Waals surface area contributed by atoms with E-state index in [-0.39, 0.29) is 11.9 Å². The molecule has 0 unspecified atom stereocenters. The molecule has 1 atom stereocenters. The van der Waals surface area contributed by atoms with Gasteiger partial charge in [0.2, 0.25) is 5.91 Å². The van der Waals surface area contributed by atoms with Gasteiger partial charge in [-0.25, -0.2) is 4.98 Å². The molecule has 1 amide bonds. The number of hydrogen-bond acceptors (Lipinski definition) is 7. The average Bonchev–Trinajstić information content (AvgIpc) is 3.55. The predicted molar refractivity (Wildman–Crippen MR) is 117 cm³/mol. The number of aromatic nitrogens is 4. The van der Waals surface area contributed by atoms with Crippen LogP contribution in [0.3, 0.4) is 0 Å². The first-order valence-corrected chi connectivity index (χ1v) is 11.8. The van der Waals surface area contributed by atoms with E-state index in [2.05, 4.69) is 16.3 Å². The Hall–Kier alpha value is -2.65. The lowest BCUT2D eigenvalue weighted by molar-refractivity contribution is -0.129. The largest absolute Gasteiger partial charge is 0.461 e. The number of nitrogens with zero attached hydrogens (tertiary/aromatic N) is 5. The lowest BCUT2D eigenvalue weighted by Crippen LogP contribution is -2.32. The van der Waals surface area contributed by atoms with Crippen molar-refractivity contribution in [2.75, 3.05) is 12.3 Å². The van der Waals surface area contributed by atoms with Crippen LogP contribution in [-0.2, 0) is 11.3 Å². The number of amides is 1. The molecule has 30 heavy (non-hydrogen) atoms. The summed E-state index contributed by atoms with van der Waals surface area (Å²) in [7, 11) is 0. The molecule has 1 aliphatic heterocycles. The minimum Gasteiger partial charge on any atom is -0.461 e. The number of hydrogen-bond donors (Lipinski definition) is 0. The minimum absolute atomic E-state index is 0.0678. The molecule has 7 nitrogen and oxygen atoms in total. The van der Waals surface area contributed by atoms with Gasteiger partial charge in [0, 0.05) is 13.1 Å². The van der Waals surface area contributed by atoms with Gasteiger partial charge in [-0.05, 0) is 44.0 Å². The molecular formula is C21H21N5O2S2. The summed E-state index contributed by atoms with van der Waals surface area (Å²) in [6, 6.07) is 11.9. The first-order valence-electron chi connectivity index (χ1n) is 9.99. The average molecular weight is 440 g/mol. The van der Waals surface area contributed by atoms with Crippen LogP contribution in [0.25, 0.3) is 21.8 Å². The summed E-state index contributed by atoms with van der Waals surface area (Å²) in [5, 5.41) is 10.3. The molecule has 0 radical (unpaired) electrons. The summed E-state index contributed by atoms with van der Waals surface area (Å²) in [5.41, 5.74) is 1.01. The van der Waals surface area contributed by atoms with Gasteiger partial charge >= 0.3 is 0 Å². The van der Waals surface area contributed by atoms with E-state index in [0.29, 0.717) is 23.9 Å². The van der Waals surface area contributed by atoms with Crippen molar-refractivity contribution in [3.63, 3.8) is 0 Å². The van der Waals surface area contributed by atoms with Crippen LogP contribution >= 0.6 is 23.1 Å². The third kappa shape index (κ3) is 3.52. The highest BCUT2D eigenvalue weighted by Gasteiger charge is 2.32. The number of benzene rings is 1. The van der Waals surface area contributed by atoms with Gasteiger partial charge in [-0.3, -0.25) is 9.36 Å². The van der Waals surface area contributed by atoms with E-state index >= 15 is 0 Å². The second kappa shape index (κ2) is 8.23. The van der Waals surface area contributed by atoms with Crippen LogP contribution in [-0.4, -0.2) is 42.9 Å². The van der Waals surface area contributed by atoms with Crippen molar-refractivity contribution in [3.8, 4) is 11.6 Å². The Labute approximate surface area is 182 Å². The molecule has 1 saturated heterocycles. The number of thioether (sulfide) groups is 1. The smallest absolute Gasteiger partial charge is 0.233 e. The quantitative estimate of drug-likeness (QED) is 0.408. The summed E-state index contributed by atoms with van der Waals surface area (Å²) in [5.74, 6) is 1.81. The van der Waals surface area contributed by atoms with Crippen LogP contribution < -0.4 is 0 Å². The molecule has 3 aromatic heterocycles. The van der Waals surface area contributed by atoms with Crippen LogP contribution in [0.4, 0.5) is 0 Å². The van der Waals surface area contributed by atoms with Crippen molar-refractivity contribution in [2.45, 2.75) is 37.5 Å². The number of thiazole rings is 1. The molecule has 1 aliphatic rings. The molecule has 0 bridgehead atoms. The van der Waals surface area contributed by atoms with Crippen molar-refractivity contribution in [3.05, 3.63) is 47.7 Å². The molecule has 5 rings (SSSR count). The van der Waals surface area contributed by atoms with Crippen molar-refractivity contribution in [1.29, 1.82) is 0 Å². The minimum atomic E-state index is 0.0678. The van der Waals surface area contributed by atoms with Crippen molar-refractivity contribution >= 4 is 39.2 Å². The number of rotatable bonds is 6. The summed E-state index contributed by atoms with van der Waals surface area (Å²) < 4.78 is 8.60. The molecular weight excluding hydrogens is 418 g/mol. The van der Waals surface area contributed by atoms with E-state index in [1.54, 1.807) is 17.6 Å². The fraction of sp³-hybridized carbons (Fsp3) is 0.333. The van der Waals surface area contributed by atoms with Gasteiger partial charge in [-0.1, -0.05) is 23.9 Å². The van der Waals surface area contributed by atoms with Crippen LogP contribution in [0, 0.1) is 0 Å². The second-order valence-electron chi connectivity index (χ2n) is 7.08. The van der Waals surface area contributed by atoms with Gasteiger partial charge in [0.15, 0.2) is 16.7 Å². The number of para-hydroxylation sites is 1. The standard InChI is InChI=1S/C21H21N5O2S2/c1-2-25-19(16-9-6-12-28-16)23-24-21(25)29-13-18(27)26-11-5-8-15(26)20-22-14-7-3-4-10-17(14)30-20/h3-4,6-7,9-10,12,15H,2,5,8,11,13H2,1H3/t15-/m0/s1. The molecule has 9 heteroatoms. The van der Waals surface area contributed by atoms with E-state index in [0.717, 1.165) is 35.1 Å². The van der Waals surface area contributed by atoms with Crippen molar-refractivity contribution < 1.29 is 9.21 Å². The number of likely N-dealkylation sites (tertiary alicyclic amines) is 1. The number of furan rings is 1. The Kier molecular flexibility index (Phi) is 5.30. The Bertz CT molecular complexity index is 1130. The Morgan fingerprint density at radius 2 is 2.17 bits per heavy atom. The lowest BCUT2D eigenvalue weighted by Gasteiger charge is -2.22. The monoisotopic (exact) mass is 439 g/mol. The molecule has 154 valence electrons. The molecule has 4 aromatic rings. The predicted octanol–water partition coefficient (Wildman–Crippen LogP) is 4.62. The second-order valence-corrected chi connectivity index (χ2v) is 9.09. The fourth-order valence-electron chi connectivity index (χ4n) is 3.83. The SMILES string of the molecule is CCn1c(SCC(=O)N2CCC[C@H]2c2nc3ccccc3s2)nnc1-c1ccco1. The lowest BCUT2D eigenvalue weighted by atomic mass is 10.2. The van der Waals surface area contributed by atoms with E-state index in [4.69, 9.17) is 9.40 Å². The number of carbonyl (C=O) groups is 1. The number of fused-ring (bicyclic) bond motifs is 1. The third-order valence-electron chi connectivity index (χ3n) is 5.27. The highest BCUT2D eigenvalue weighted by molar-refractivity contribution is 7.99. The van der Waals surface area contributed by atoms with Crippen LogP contribution in [0.5, 0.6) is 0 Å². The van der Waals surface area contributed by atoms with Crippen molar-refractivity contribution in [2.24, 2.45) is 0 Å². The van der Waals surface area contributed by atoms with E-state index < -0.39 is 0 Å². The molecule has 4 heterocycles. The van der Waals surface area contributed by atoms with Gasteiger partial charge < -0.3 is 9.32 Å². The van der Waals surface area contributed by atoms with E-state index in [1.165, 1.54) is 16.5 Å². The van der Waals surface area contributed by atoms with Crippen LogP contribution in [0.2, 0.25) is 0 Å². The molecule has 0 aliphatic carbocycles. The number of carbonyl (C=O) groups excluding carboxylic acids is 1. The molecule has 0 spiro atoms. The van der Waals surface area contributed by atoms with Crippen molar-refractivity contribution in [1.82, 2.24) is 24.6 Å². The van der Waals surface area contributed by atoms with Gasteiger partial charge in [-0.15, -0.1) is 21.5 Å². The van der Waals surface area contributed by atoms with Gasteiger partial charge in [0.25, 0.3) is 0 Å². The highest BCUT2D eigenvalue weighted by Crippen LogP contribution is 2.37. The topological polar surface area (TPSA) is 77.1 Å². The first-order chi connectivity index (χ1) is 14.7. The van der Waals surface area contributed by atoms with Crippen LogP contribution in [0.15, 0.2) is 52.2 Å². The normalized spacial score (nSPS) is 16.6. The zero-order chi connectivity index (χ0) is 20.5. The molecule has 1 fully saturated rings. The summed E-state index contributed by atoms with van der Waals surface area (Å²) in [6.07, 6.45) is 3.59. The third-order valence-corrected chi connectivity index (χ3v) is 7.36. The maximum Gasteiger partial charge on any atom is 0.233 e. The Morgan fingerprint density at radius 1 is 1.27 bits per heavy atom. The first kappa shape index (κ1) is 19.3.